The molecule has 0 amide bonds. The highest BCUT2D eigenvalue weighted by molar-refractivity contribution is 7.89. The summed E-state index contributed by atoms with van der Waals surface area (Å²) in [4.78, 5) is 0.249. The van der Waals surface area contributed by atoms with Gasteiger partial charge < -0.3 is 0 Å². The normalized spacial score (nSPS) is 13.8. The van der Waals surface area contributed by atoms with Crippen LogP contribution >= 0.6 is 11.6 Å². The first kappa shape index (κ1) is 17.5. The SMILES string of the molecule is CCCCN(C(C)CC)S(=O)(=O)c1cnn(CCCl)c1. The maximum Gasteiger partial charge on any atom is 0.246 e. The lowest BCUT2D eigenvalue weighted by atomic mass is 10.2. The van der Waals surface area contributed by atoms with Gasteiger partial charge in [0.05, 0.1) is 12.7 Å². The van der Waals surface area contributed by atoms with E-state index in [-0.39, 0.29) is 10.9 Å². The Hall–Kier alpha value is -0.590. The predicted molar refractivity (Wildman–Crippen MR) is 81.5 cm³/mol. The third-order valence-corrected chi connectivity index (χ3v) is 5.48. The first-order chi connectivity index (χ1) is 9.47. The van der Waals surface area contributed by atoms with Gasteiger partial charge in [-0.1, -0.05) is 20.3 Å². The summed E-state index contributed by atoms with van der Waals surface area (Å²) in [7, 11) is -3.48. The predicted octanol–water partition coefficient (Wildman–Crippen LogP) is 2.71. The van der Waals surface area contributed by atoms with Crippen molar-refractivity contribution in [3.05, 3.63) is 12.4 Å². The van der Waals surface area contributed by atoms with Crippen molar-refractivity contribution in [2.75, 3.05) is 12.4 Å². The van der Waals surface area contributed by atoms with Crippen LogP contribution in [0.15, 0.2) is 17.3 Å². The second-order valence-electron chi connectivity index (χ2n) is 4.85. The molecule has 0 saturated carbocycles. The zero-order chi connectivity index (χ0) is 15.2. The average molecular weight is 322 g/mol. The van der Waals surface area contributed by atoms with Crippen molar-refractivity contribution in [3.63, 3.8) is 0 Å². The molecule has 116 valence electrons. The Bertz CT molecular complexity index is 501. The Balaban J connectivity index is 3.01. The zero-order valence-corrected chi connectivity index (χ0v) is 14.0. The highest BCUT2D eigenvalue weighted by Crippen LogP contribution is 2.20. The van der Waals surface area contributed by atoms with Gasteiger partial charge in [0, 0.05) is 24.7 Å². The van der Waals surface area contributed by atoms with Crippen molar-refractivity contribution in [1.29, 1.82) is 0 Å². The van der Waals surface area contributed by atoms with Crippen LogP contribution in [-0.2, 0) is 16.6 Å². The number of halogens is 1. The number of nitrogens with zero attached hydrogens (tertiary/aromatic N) is 3. The summed E-state index contributed by atoms with van der Waals surface area (Å²) in [5.74, 6) is 0.409. The van der Waals surface area contributed by atoms with E-state index >= 15 is 0 Å². The van der Waals surface area contributed by atoms with E-state index in [0.717, 1.165) is 19.3 Å². The van der Waals surface area contributed by atoms with Crippen LogP contribution in [-0.4, -0.2) is 41.0 Å². The van der Waals surface area contributed by atoms with Crippen LogP contribution in [0.5, 0.6) is 0 Å². The third-order valence-electron chi connectivity index (χ3n) is 3.34. The number of sulfonamides is 1. The van der Waals surface area contributed by atoms with Crippen molar-refractivity contribution in [3.8, 4) is 0 Å². The highest BCUT2D eigenvalue weighted by atomic mass is 35.5. The topological polar surface area (TPSA) is 55.2 Å². The van der Waals surface area contributed by atoms with E-state index in [0.29, 0.717) is 19.0 Å². The molecule has 0 aliphatic carbocycles. The molecule has 1 unspecified atom stereocenters. The molecular formula is C13H24ClN3O2S. The number of hydrogen-bond acceptors (Lipinski definition) is 3. The van der Waals surface area contributed by atoms with E-state index in [4.69, 9.17) is 11.6 Å². The Morgan fingerprint density at radius 2 is 2.15 bits per heavy atom. The lowest BCUT2D eigenvalue weighted by molar-refractivity contribution is 0.324. The van der Waals surface area contributed by atoms with Crippen LogP contribution in [0.3, 0.4) is 0 Å². The van der Waals surface area contributed by atoms with Gasteiger partial charge in [-0.05, 0) is 19.8 Å². The van der Waals surface area contributed by atoms with E-state index < -0.39 is 10.0 Å². The van der Waals surface area contributed by atoms with Crippen LogP contribution in [0.1, 0.15) is 40.0 Å². The summed E-state index contributed by atoms with van der Waals surface area (Å²) in [6, 6.07) is -0.0112. The largest absolute Gasteiger partial charge is 0.270 e. The summed E-state index contributed by atoms with van der Waals surface area (Å²) < 4.78 is 28.5. The van der Waals surface area contributed by atoms with Gasteiger partial charge in [0.15, 0.2) is 0 Å². The van der Waals surface area contributed by atoms with Crippen molar-refractivity contribution in [2.24, 2.45) is 0 Å². The van der Waals surface area contributed by atoms with Crippen molar-refractivity contribution in [1.82, 2.24) is 14.1 Å². The number of aromatic nitrogens is 2. The number of hydrogen-bond donors (Lipinski definition) is 0. The molecule has 1 aromatic heterocycles. The molecule has 0 saturated heterocycles. The van der Waals surface area contributed by atoms with Crippen LogP contribution in [0.4, 0.5) is 0 Å². The highest BCUT2D eigenvalue weighted by Gasteiger charge is 2.28. The van der Waals surface area contributed by atoms with E-state index in [1.165, 1.54) is 6.20 Å². The maximum absolute atomic E-state index is 12.7. The minimum atomic E-state index is -3.48. The first-order valence-electron chi connectivity index (χ1n) is 7.07. The molecule has 0 aliphatic rings. The lowest BCUT2D eigenvalue weighted by Gasteiger charge is -2.26. The van der Waals surface area contributed by atoms with Gasteiger partial charge in [-0.15, -0.1) is 11.6 Å². The molecule has 0 aromatic carbocycles. The van der Waals surface area contributed by atoms with Crippen LogP contribution in [0.25, 0.3) is 0 Å². The fourth-order valence-corrected chi connectivity index (χ4v) is 3.79. The quantitative estimate of drug-likeness (QED) is 0.657. The summed E-state index contributed by atoms with van der Waals surface area (Å²) in [5.41, 5.74) is 0. The zero-order valence-electron chi connectivity index (χ0n) is 12.4. The van der Waals surface area contributed by atoms with E-state index in [1.54, 1.807) is 15.2 Å². The molecule has 0 fully saturated rings. The minimum Gasteiger partial charge on any atom is -0.270 e. The number of unbranched alkanes of at least 4 members (excludes halogenated alkanes) is 1. The second kappa shape index (κ2) is 8.00. The van der Waals surface area contributed by atoms with Crippen molar-refractivity contribution >= 4 is 21.6 Å². The average Bonchev–Trinajstić information content (AvgIpc) is 2.88. The Morgan fingerprint density at radius 3 is 2.70 bits per heavy atom. The smallest absolute Gasteiger partial charge is 0.246 e. The molecule has 1 heterocycles. The summed E-state index contributed by atoms with van der Waals surface area (Å²) in [6.45, 7) is 7.05. The van der Waals surface area contributed by atoms with Gasteiger partial charge in [0.1, 0.15) is 4.90 Å². The van der Waals surface area contributed by atoms with Crippen LogP contribution in [0.2, 0.25) is 0 Å². The Morgan fingerprint density at radius 1 is 1.45 bits per heavy atom. The molecule has 20 heavy (non-hydrogen) atoms. The summed E-state index contributed by atoms with van der Waals surface area (Å²) in [5, 5.41) is 4.05. The molecular weight excluding hydrogens is 298 g/mol. The van der Waals surface area contributed by atoms with Gasteiger partial charge in [0.25, 0.3) is 0 Å². The summed E-state index contributed by atoms with van der Waals surface area (Å²) >= 11 is 5.64. The molecule has 0 N–H and O–H groups in total. The third kappa shape index (κ3) is 4.20. The molecule has 5 nitrogen and oxygen atoms in total. The molecule has 0 bridgehead atoms. The van der Waals surface area contributed by atoms with Crippen LogP contribution < -0.4 is 0 Å². The number of alkyl halides is 1. The molecule has 1 atom stereocenters. The van der Waals surface area contributed by atoms with E-state index in [2.05, 4.69) is 12.0 Å². The number of aryl methyl sites for hydroxylation is 1. The Labute approximate surface area is 127 Å². The van der Waals surface area contributed by atoms with Crippen molar-refractivity contribution in [2.45, 2.75) is 57.5 Å². The van der Waals surface area contributed by atoms with Gasteiger partial charge in [-0.2, -0.15) is 9.40 Å². The molecule has 0 radical (unpaired) electrons. The van der Waals surface area contributed by atoms with E-state index in [1.807, 2.05) is 13.8 Å². The monoisotopic (exact) mass is 321 g/mol. The van der Waals surface area contributed by atoms with E-state index in [9.17, 15) is 8.42 Å². The van der Waals surface area contributed by atoms with Crippen molar-refractivity contribution < 1.29 is 8.42 Å². The van der Waals surface area contributed by atoms with Gasteiger partial charge >= 0.3 is 0 Å². The Kier molecular flexibility index (Phi) is 6.99. The minimum absolute atomic E-state index is 0.0112. The lowest BCUT2D eigenvalue weighted by Crippen LogP contribution is -2.38. The first-order valence-corrected chi connectivity index (χ1v) is 9.05. The second-order valence-corrected chi connectivity index (χ2v) is 7.12. The van der Waals surface area contributed by atoms with Gasteiger partial charge in [-0.3, -0.25) is 4.68 Å². The fraction of sp³-hybridized carbons (Fsp3) is 0.769. The molecule has 1 rings (SSSR count). The number of rotatable bonds is 9. The van der Waals surface area contributed by atoms with Gasteiger partial charge in [-0.25, -0.2) is 8.42 Å². The standard InChI is InChI=1S/C13H24ClN3O2S/c1-4-6-8-17(12(3)5-2)20(18,19)13-10-15-16(11-13)9-7-14/h10-12H,4-9H2,1-3H3. The maximum atomic E-state index is 12.7. The molecule has 0 spiro atoms. The summed E-state index contributed by atoms with van der Waals surface area (Å²) in [6.07, 6.45) is 5.58. The molecule has 1 aromatic rings. The molecule has 0 aliphatic heterocycles. The fourth-order valence-electron chi connectivity index (χ4n) is 1.92. The van der Waals surface area contributed by atoms with Gasteiger partial charge in [0.2, 0.25) is 10.0 Å². The van der Waals surface area contributed by atoms with Crippen LogP contribution in [0, 0.1) is 0 Å². The molecule has 7 heteroatoms.